The molecule has 0 fully saturated rings. The molecule has 0 bridgehead atoms. The van der Waals surface area contributed by atoms with Gasteiger partial charge in [0.05, 0.1) is 0 Å². The lowest BCUT2D eigenvalue weighted by Crippen LogP contribution is -2.30. The average molecular weight is 1630 g/mol. The van der Waals surface area contributed by atoms with Gasteiger partial charge < -0.3 is 39.7 Å². The van der Waals surface area contributed by atoms with Gasteiger partial charge in [0.25, 0.3) is 0 Å². The standard InChI is InChI=1S/C18H21F2N.C17H19F2N.2C16H17F2N.C12H18FN.C11H16FN.C10H14FN/c1-3-21-12-13(2)18(14-6-4-8-16(19)10-14)15-7-5-9-17(20)11-15;1-11(12(2)20)17(13-5-3-7-15(18)9-13)14-6-4-8-16(19)10-14;2*1-11(10-19)16(12-4-2-6-14(17)8-12)13-5-3-7-15(18)9-13;1-9(2)12(6-7-14)10-4-3-5-11(13)8-10;1-2-9(6-7-13)10-4-3-5-11(12)8-10;1-8(5-6-12)9-3-2-4-10(11)7-9/h4-11,13,18,21H,3,12H2,1-2H3;3-12,17H,20H2,1-2H3;2*2-9,11,16H,10,19H2,1H3;3-5,8-9,12H,6-7,14H2,1-2H3;3-5,8-9H,2,6-7,13H2,1H3;2-4,7-8H,5-6,12H2,1H3/t13-;;2*11-;;;/m0.10.../s1. The van der Waals surface area contributed by atoms with Crippen molar-refractivity contribution >= 4 is 0 Å². The zero-order valence-electron chi connectivity index (χ0n) is 69.8. The van der Waals surface area contributed by atoms with Gasteiger partial charge in [-0.1, -0.05) is 196 Å². The SMILES string of the molecule is CC(C)C(CCN)c1cccc(F)c1.CC(CCN)c1cccc(F)c1.CC(N)C(C)C(c1cccc(F)c1)c1cccc(F)c1.CCC(CCN)c1cccc(F)c1.CCNC[C@H](C)C(c1cccc(F)c1)c1cccc(F)c1.C[C@@H](CN)C(c1cccc(F)c1)c1cccc(F)c1.C[C@H](CN)C(c1cccc(F)c1)c1cccc(F)c1. The normalized spacial score (nSPS) is 13.1. The van der Waals surface area contributed by atoms with Crippen molar-refractivity contribution in [1.82, 2.24) is 5.32 Å². The first kappa shape index (κ1) is 98.9. The Bertz CT molecular complexity index is 4370. The summed E-state index contributed by atoms with van der Waals surface area (Å²) in [6.45, 7) is 25.0. The predicted octanol–water partition coefficient (Wildman–Crippen LogP) is 23.7. The summed E-state index contributed by atoms with van der Waals surface area (Å²) >= 11 is 0. The first-order valence-electron chi connectivity index (χ1n) is 40.8. The van der Waals surface area contributed by atoms with Crippen LogP contribution in [-0.4, -0.2) is 51.9 Å². The molecule has 118 heavy (non-hydrogen) atoms. The molecule has 13 N–H and O–H groups in total. The highest BCUT2D eigenvalue weighted by atomic mass is 19.2. The Balaban J connectivity index is 0.000000247. The lowest BCUT2D eigenvalue weighted by molar-refractivity contribution is 0.431. The average Bonchev–Trinajstić information content (AvgIpc) is 0.821. The Morgan fingerprint density at radius 1 is 0.280 bits per heavy atom. The van der Waals surface area contributed by atoms with Crippen molar-refractivity contribution in [3.63, 3.8) is 0 Å². The quantitative estimate of drug-likeness (QED) is 0.0229. The summed E-state index contributed by atoms with van der Waals surface area (Å²) in [5.74, 6) is -0.978. The molecule has 11 aromatic rings. The molecular weight excluding hydrogens is 1510 g/mol. The fourth-order valence-electron chi connectivity index (χ4n) is 14.6. The third kappa shape index (κ3) is 33.6. The maximum absolute atomic E-state index is 13.5. The molecule has 0 aliphatic rings. The van der Waals surface area contributed by atoms with Gasteiger partial charge in [0, 0.05) is 29.7 Å². The first-order valence-corrected chi connectivity index (χ1v) is 40.8. The minimum Gasteiger partial charge on any atom is -0.330 e. The number of hydrogen-bond acceptors (Lipinski definition) is 7. The Hall–Kier alpha value is -9.63. The molecule has 5 unspecified atom stereocenters. The highest BCUT2D eigenvalue weighted by molar-refractivity contribution is 5.39. The Morgan fingerprint density at radius 3 is 0.763 bits per heavy atom. The van der Waals surface area contributed by atoms with Crippen LogP contribution < -0.4 is 39.7 Å². The van der Waals surface area contributed by atoms with Crippen LogP contribution in [0.1, 0.15) is 198 Å². The summed E-state index contributed by atoms with van der Waals surface area (Å²) in [4.78, 5) is 0. The Kier molecular flexibility index (Phi) is 44.5. The van der Waals surface area contributed by atoms with Crippen LogP contribution in [0, 0.1) is 93.6 Å². The zero-order valence-corrected chi connectivity index (χ0v) is 69.8. The number of nitrogens with one attached hydrogen (secondary N) is 1. The van der Waals surface area contributed by atoms with Gasteiger partial charge in [-0.3, -0.25) is 0 Å². The van der Waals surface area contributed by atoms with E-state index >= 15 is 0 Å². The molecule has 0 aliphatic carbocycles. The summed E-state index contributed by atoms with van der Waals surface area (Å²) < 4.78 is 146. The number of hydrogen-bond donors (Lipinski definition) is 7. The van der Waals surface area contributed by atoms with Crippen LogP contribution in [0.2, 0.25) is 0 Å². The molecule has 11 aromatic carbocycles. The molecular formula is C100H122F11N7. The van der Waals surface area contributed by atoms with Gasteiger partial charge in [0.15, 0.2) is 0 Å². The molecule has 0 aromatic heterocycles. The summed E-state index contributed by atoms with van der Waals surface area (Å²) in [7, 11) is 0. The lowest BCUT2D eigenvalue weighted by Gasteiger charge is -2.28. The number of nitrogens with two attached hydrogens (primary N) is 6. The van der Waals surface area contributed by atoms with Crippen LogP contribution in [0.25, 0.3) is 0 Å². The molecule has 0 aliphatic heterocycles. The highest BCUT2D eigenvalue weighted by Crippen LogP contribution is 2.38. The van der Waals surface area contributed by atoms with Crippen LogP contribution >= 0.6 is 0 Å². The smallest absolute Gasteiger partial charge is 0.123 e. The van der Waals surface area contributed by atoms with Crippen LogP contribution in [0.3, 0.4) is 0 Å². The van der Waals surface area contributed by atoms with E-state index in [0.717, 1.165) is 100.0 Å². The van der Waals surface area contributed by atoms with E-state index in [4.69, 9.17) is 34.4 Å². The third-order valence-corrected chi connectivity index (χ3v) is 21.1. The maximum atomic E-state index is 13.5. The van der Waals surface area contributed by atoms with Crippen LogP contribution in [0.5, 0.6) is 0 Å². The topological polar surface area (TPSA) is 168 Å². The van der Waals surface area contributed by atoms with Gasteiger partial charge in [-0.05, 0) is 320 Å². The molecule has 7 nitrogen and oxygen atoms in total. The van der Waals surface area contributed by atoms with E-state index in [1.807, 2.05) is 101 Å². The van der Waals surface area contributed by atoms with Crippen molar-refractivity contribution in [3.8, 4) is 0 Å². The second-order valence-corrected chi connectivity index (χ2v) is 30.5. The minimum absolute atomic E-state index is 0.0320. The largest absolute Gasteiger partial charge is 0.330 e. The van der Waals surface area contributed by atoms with Gasteiger partial charge >= 0.3 is 0 Å². The van der Waals surface area contributed by atoms with Crippen LogP contribution in [0.4, 0.5) is 48.3 Å². The summed E-state index contributed by atoms with van der Waals surface area (Å²) in [5, 5.41) is 3.31. The summed E-state index contributed by atoms with van der Waals surface area (Å²) in [6.07, 6.45) is 3.77. The predicted molar refractivity (Wildman–Crippen MR) is 465 cm³/mol. The molecule has 8 atom stereocenters. The molecule has 11 rings (SSSR count). The van der Waals surface area contributed by atoms with Crippen molar-refractivity contribution in [2.45, 2.75) is 142 Å². The van der Waals surface area contributed by atoms with Crippen molar-refractivity contribution < 1.29 is 48.3 Å². The monoisotopic (exact) mass is 1630 g/mol. The van der Waals surface area contributed by atoms with Crippen molar-refractivity contribution in [1.29, 1.82) is 0 Å². The van der Waals surface area contributed by atoms with Crippen LogP contribution in [0.15, 0.2) is 267 Å². The van der Waals surface area contributed by atoms with E-state index in [1.54, 1.807) is 84.9 Å². The lowest BCUT2D eigenvalue weighted by atomic mass is 9.78. The van der Waals surface area contributed by atoms with Crippen LogP contribution in [-0.2, 0) is 0 Å². The molecule has 0 spiro atoms. The van der Waals surface area contributed by atoms with Crippen molar-refractivity contribution in [2.24, 2.45) is 64.0 Å². The van der Waals surface area contributed by atoms with Gasteiger partial charge in [-0.15, -0.1) is 0 Å². The molecule has 634 valence electrons. The molecule has 0 radical (unpaired) electrons. The summed E-state index contributed by atoms with van der Waals surface area (Å²) in [5.41, 5.74) is 43.8. The van der Waals surface area contributed by atoms with Gasteiger partial charge in [-0.2, -0.15) is 0 Å². The Labute approximate surface area is 694 Å². The second-order valence-electron chi connectivity index (χ2n) is 30.5. The van der Waals surface area contributed by atoms with Gasteiger partial charge in [0.2, 0.25) is 0 Å². The van der Waals surface area contributed by atoms with Crippen molar-refractivity contribution in [3.05, 3.63) is 392 Å². The third-order valence-electron chi connectivity index (χ3n) is 21.1. The minimum atomic E-state index is -0.291. The number of rotatable bonds is 29. The zero-order chi connectivity index (χ0) is 86.8. The van der Waals surface area contributed by atoms with Gasteiger partial charge in [0.1, 0.15) is 64.0 Å². The first-order chi connectivity index (χ1) is 56.5. The Morgan fingerprint density at radius 2 is 0.517 bits per heavy atom. The number of benzene rings is 11. The fourth-order valence-corrected chi connectivity index (χ4v) is 14.6. The van der Waals surface area contributed by atoms with E-state index in [1.165, 1.54) is 115 Å². The fraction of sp³-hybridized carbons (Fsp3) is 0.340. The van der Waals surface area contributed by atoms with E-state index in [9.17, 15) is 48.3 Å². The van der Waals surface area contributed by atoms with E-state index in [0.29, 0.717) is 56.4 Å². The van der Waals surface area contributed by atoms with Crippen molar-refractivity contribution in [2.75, 3.05) is 45.8 Å². The van der Waals surface area contributed by atoms with E-state index < -0.39 is 0 Å². The van der Waals surface area contributed by atoms with E-state index in [-0.39, 0.29) is 117 Å². The second kappa shape index (κ2) is 53.0. The molecule has 0 saturated carbocycles. The molecule has 18 heteroatoms. The van der Waals surface area contributed by atoms with Gasteiger partial charge in [-0.25, -0.2) is 48.3 Å². The van der Waals surface area contributed by atoms with E-state index in [2.05, 4.69) is 39.9 Å². The molecule has 0 heterocycles. The number of halogens is 11. The summed E-state index contributed by atoms with van der Waals surface area (Å²) in [6, 6.07) is 71.9. The molecule has 0 saturated heterocycles. The highest BCUT2D eigenvalue weighted by Gasteiger charge is 2.27. The maximum Gasteiger partial charge on any atom is 0.123 e. The molecule has 0 amide bonds.